The van der Waals surface area contributed by atoms with Gasteiger partial charge in [-0.25, -0.2) is 0 Å². The van der Waals surface area contributed by atoms with Crippen LogP contribution in [0.15, 0.2) is 16.6 Å². The number of hydrogen-bond donors (Lipinski definition) is 1. The van der Waals surface area contributed by atoms with E-state index < -0.39 is 0 Å². The second-order valence-electron chi connectivity index (χ2n) is 4.46. The van der Waals surface area contributed by atoms with E-state index in [4.69, 9.17) is 14.2 Å². The Kier molecular flexibility index (Phi) is 8.65. The molecule has 0 atom stereocenters. The van der Waals surface area contributed by atoms with E-state index in [0.29, 0.717) is 0 Å². The Morgan fingerprint density at radius 1 is 1.15 bits per heavy atom. The minimum Gasteiger partial charge on any atom is -0.493 e. The number of halogens is 1. The van der Waals surface area contributed by atoms with Gasteiger partial charge in [0.05, 0.1) is 18.7 Å². The Bertz CT molecular complexity index is 399. The Balaban J connectivity index is 2.39. The maximum absolute atomic E-state index is 5.44. The summed E-state index contributed by atoms with van der Waals surface area (Å²) < 4.78 is 17.0. The molecule has 5 heteroatoms. The SMILES string of the molecule is CCCOCCCNCc1cc(Br)c(OC)c(OC)c1. The average molecular weight is 346 g/mol. The molecule has 0 aliphatic carbocycles. The maximum Gasteiger partial charge on any atom is 0.174 e. The second kappa shape index (κ2) is 10.0. The maximum atomic E-state index is 5.44. The molecule has 0 fully saturated rings. The van der Waals surface area contributed by atoms with Crippen molar-refractivity contribution in [2.24, 2.45) is 0 Å². The topological polar surface area (TPSA) is 39.7 Å². The lowest BCUT2D eigenvalue weighted by atomic mass is 10.2. The molecule has 0 spiro atoms. The lowest BCUT2D eigenvalue weighted by molar-refractivity contribution is 0.132. The van der Waals surface area contributed by atoms with Gasteiger partial charge < -0.3 is 19.5 Å². The molecule has 1 aromatic rings. The van der Waals surface area contributed by atoms with Gasteiger partial charge >= 0.3 is 0 Å². The highest BCUT2D eigenvalue weighted by Gasteiger charge is 2.10. The monoisotopic (exact) mass is 345 g/mol. The minimum atomic E-state index is 0.726. The lowest BCUT2D eigenvalue weighted by Gasteiger charge is -2.12. The fraction of sp³-hybridized carbons (Fsp3) is 0.600. The molecule has 114 valence electrons. The summed E-state index contributed by atoms with van der Waals surface area (Å²) in [5.41, 5.74) is 1.16. The zero-order valence-electron chi connectivity index (χ0n) is 12.5. The largest absolute Gasteiger partial charge is 0.493 e. The van der Waals surface area contributed by atoms with Crippen LogP contribution in [0.25, 0.3) is 0 Å². The summed E-state index contributed by atoms with van der Waals surface area (Å²) in [6.45, 7) is 5.52. The molecule has 0 amide bonds. The zero-order chi connectivity index (χ0) is 14.8. The van der Waals surface area contributed by atoms with Gasteiger partial charge in [0, 0.05) is 19.8 Å². The van der Waals surface area contributed by atoms with Crippen LogP contribution in [0.1, 0.15) is 25.3 Å². The third-order valence-corrected chi connectivity index (χ3v) is 3.40. The zero-order valence-corrected chi connectivity index (χ0v) is 14.1. The molecule has 0 heterocycles. The van der Waals surface area contributed by atoms with Gasteiger partial charge in [0.2, 0.25) is 0 Å². The number of benzene rings is 1. The number of ether oxygens (including phenoxy) is 3. The molecule has 20 heavy (non-hydrogen) atoms. The smallest absolute Gasteiger partial charge is 0.174 e. The van der Waals surface area contributed by atoms with Crippen molar-refractivity contribution in [2.75, 3.05) is 34.0 Å². The molecule has 0 radical (unpaired) electrons. The third-order valence-electron chi connectivity index (χ3n) is 2.81. The Morgan fingerprint density at radius 2 is 1.95 bits per heavy atom. The van der Waals surface area contributed by atoms with Crippen molar-refractivity contribution >= 4 is 15.9 Å². The van der Waals surface area contributed by atoms with Crippen molar-refractivity contribution < 1.29 is 14.2 Å². The van der Waals surface area contributed by atoms with Gasteiger partial charge in [0.1, 0.15) is 0 Å². The molecular formula is C15H24BrNO3. The number of rotatable bonds is 10. The molecule has 1 N–H and O–H groups in total. The first-order valence-corrected chi connectivity index (χ1v) is 7.71. The third kappa shape index (κ3) is 5.69. The average Bonchev–Trinajstić information content (AvgIpc) is 2.45. The van der Waals surface area contributed by atoms with Gasteiger partial charge in [-0.1, -0.05) is 6.92 Å². The van der Waals surface area contributed by atoms with Crippen LogP contribution in [0, 0.1) is 0 Å². The van der Waals surface area contributed by atoms with Crippen LogP contribution in [-0.4, -0.2) is 34.0 Å². The molecule has 0 unspecified atom stereocenters. The van der Waals surface area contributed by atoms with Gasteiger partial charge in [-0.2, -0.15) is 0 Å². The number of nitrogens with one attached hydrogen (secondary N) is 1. The summed E-state index contributed by atoms with van der Waals surface area (Å²) >= 11 is 3.50. The predicted octanol–water partition coefficient (Wildman–Crippen LogP) is 3.37. The molecule has 4 nitrogen and oxygen atoms in total. The first kappa shape index (κ1) is 17.3. The van der Waals surface area contributed by atoms with E-state index in [1.807, 2.05) is 12.1 Å². The first-order valence-electron chi connectivity index (χ1n) is 6.91. The predicted molar refractivity (Wildman–Crippen MR) is 84.7 cm³/mol. The van der Waals surface area contributed by atoms with Crippen molar-refractivity contribution in [3.63, 3.8) is 0 Å². The highest BCUT2D eigenvalue weighted by Crippen LogP contribution is 2.36. The van der Waals surface area contributed by atoms with Gasteiger partial charge in [0.15, 0.2) is 11.5 Å². The summed E-state index contributed by atoms with van der Waals surface area (Å²) in [6, 6.07) is 4.03. The van der Waals surface area contributed by atoms with Crippen LogP contribution in [0.3, 0.4) is 0 Å². The van der Waals surface area contributed by atoms with E-state index in [-0.39, 0.29) is 0 Å². The Hall–Kier alpha value is -0.780. The van der Waals surface area contributed by atoms with Crippen LogP contribution in [0.2, 0.25) is 0 Å². The molecule has 0 aliphatic rings. The lowest BCUT2D eigenvalue weighted by Crippen LogP contribution is -2.16. The molecule has 0 saturated heterocycles. The second-order valence-corrected chi connectivity index (χ2v) is 5.31. The first-order chi connectivity index (χ1) is 9.72. The number of methoxy groups -OCH3 is 2. The van der Waals surface area contributed by atoms with Gasteiger partial charge in [-0.15, -0.1) is 0 Å². The molecule has 0 aromatic heterocycles. The number of hydrogen-bond acceptors (Lipinski definition) is 4. The van der Waals surface area contributed by atoms with E-state index in [1.165, 1.54) is 0 Å². The summed E-state index contributed by atoms with van der Waals surface area (Å²) in [7, 11) is 3.28. The fourth-order valence-electron chi connectivity index (χ4n) is 1.85. The normalized spacial score (nSPS) is 10.6. The van der Waals surface area contributed by atoms with Gasteiger partial charge in [-0.05, 0) is 53.0 Å². The van der Waals surface area contributed by atoms with Gasteiger partial charge in [-0.3, -0.25) is 0 Å². The summed E-state index contributed by atoms with van der Waals surface area (Å²) in [5.74, 6) is 1.47. The van der Waals surface area contributed by atoms with E-state index >= 15 is 0 Å². The standard InChI is InChI=1S/C15H24BrNO3/c1-4-7-20-8-5-6-17-11-12-9-13(16)15(19-3)14(10-12)18-2/h9-10,17H,4-8,11H2,1-3H3. The van der Waals surface area contributed by atoms with Crippen LogP contribution < -0.4 is 14.8 Å². The van der Waals surface area contributed by atoms with E-state index in [2.05, 4.69) is 28.2 Å². The van der Waals surface area contributed by atoms with Crippen LogP contribution in [-0.2, 0) is 11.3 Å². The van der Waals surface area contributed by atoms with Crippen molar-refractivity contribution in [1.29, 1.82) is 0 Å². The molecule has 0 saturated carbocycles. The molecule has 1 rings (SSSR count). The molecule has 0 aliphatic heterocycles. The summed E-state index contributed by atoms with van der Waals surface area (Å²) in [5, 5.41) is 3.40. The summed E-state index contributed by atoms with van der Waals surface area (Å²) in [6.07, 6.45) is 2.10. The van der Waals surface area contributed by atoms with Crippen molar-refractivity contribution in [3.05, 3.63) is 22.2 Å². The quantitative estimate of drug-likeness (QED) is 0.660. The fourth-order valence-corrected chi connectivity index (χ4v) is 2.50. The van der Waals surface area contributed by atoms with Crippen LogP contribution >= 0.6 is 15.9 Å². The highest BCUT2D eigenvalue weighted by molar-refractivity contribution is 9.10. The molecule has 0 bridgehead atoms. The van der Waals surface area contributed by atoms with Gasteiger partial charge in [0.25, 0.3) is 0 Å². The Morgan fingerprint density at radius 3 is 2.60 bits per heavy atom. The summed E-state index contributed by atoms with van der Waals surface area (Å²) in [4.78, 5) is 0. The molecular weight excluding hydrogens is 322 g/mol. The van der Waals surface area contributed by atoms with Crippen LogP contribution in [0.5, 0.6) is 11.5 Å². The van der Waals surface area contributed by atoms with Crippen molar-refractivity contribution in [1.82, 2.24) is 5.32 Å². The highest BCUT2D eigenvalue weighted by atomic mass is 79.9. The Labute approximate surface area is 129 Å². The minimum absolute atomic E-state index is 0.726. The van der Waals surface area contributed by atoms with Crippen molar-refractivity contribution in [2.45, 2.75) is 26.3 Å². The van der Waals surface area contributed by atoms with Crippen LogP contribution in [0.4, 0.5) is 0 Å². The van der Waals surface area contributed by atoms with E-state index in [9.17, 15) is 0 Å². The van der Waals surface area contributed by atoms with E-state index in [0.717, 1.165) is 60.7 Å². The molecule has 1 aromatic carbocycles. The van der Waals surface area contributed by atoms with E-state index in [1.54, 1.807) is 14.2 Å². The van der Waals surface area contributed by atoms with Crippen molar-refractivity contribution in [3.8, 4) is 11.5 Å².